The van der Waals surface area contributed by atoms with E-state index < -0.39 is 24.2 Å². The van der Waals surface area contributed by atoms with Crippen LogP contribution in [0.5, 0.6) is 0 Å². The molecule has 0 fully saturated rings. The largest absolute Gasteiger partial charge is 0.499 e. The van der Waals surface area contributed by atoms with Gasteiger partial charge in [0.1, 0.15) is 30.5 Å². The summed E-state index contributed by atoms with van der Waals surface area (Å²) < 4.78 is 17.8. The van der Waals surface area contributed by atoms with E-state index in [0.29, 0.717) is 11.6 Å². The number of nitrogens with zero attached hydrogens (tertiary/aromatic N) is 9. The molecule has 613 valence electrons. The van der Waals surface area contributed by atoms with Gasteiger partial charge in [-0.1, -0.05) is 203 Å². The predicted octanol–water partition coefficient (Wildman–Crippen LogP) is 23.5. The van der Waals surface area contributed by atoms with Crippen molar-refractivity contribution in [2.45, 2.75) is 100 Å². The van der Waals surface area contributed by atoms with Gasteiger partial charge in [-0.2, -0.15) is 0 Å². The standard InChI is InChI=1S/C25H29N2OSi.C24H19N2OSi.C21H21N2OSi.3C11H8N.3Ir/c1-15(2)10-19-13-22(26-14-24(19)29(5,6)7)18-8-9-23-20(12-18)21-11-16(3)27-17(4)25(21)28-23;1-28(2,18-8-4-3-5-9-18)19-12-13-22(25-16-19)17-14-21-20-10-6-7-11-23(20)27-24(21)26-15-17;1-13-10-18-17-11-15(6-9-20(17)24-21(18)14(2)23-13)19-8-7-16(12-22-19)25(3,4)5;3*1-2-6-10(7-3-1)11-8-4-5-9-12-11;;;/h9,11-15H,10H2,1-7H3;3-14,16H,1-2H3;7-12H,1-5H3;3*1-6,8-9H;;;/q6*-1;;;. The molecule has 0 N–H and O–H groups in total. The molecule has 12 nitrogen and oxygen atoms in total. The van der Waals surface area contributed by atoms with Crippen LogP contribution in [0.25, 0.3) is 133 Å². The average Bonchev–Trinajstić information content (AvgIpc) is 1.63. The van der Waals surface area contributed by atoms with Crippen LogP contribution >= 0.6 is 0 Å². The number of pyridine rings is 9. The van der Waals surface area contributed by atoms with Gasteiger partial charge in [0.25, 0.3) is 0 Å². The first-order chi connectivity index (χ1) is 57.0. The molecular formula is C103H93Ir3N9O3Si3-6. The van der Waals surface area contributed by atoms with Gasteiger partial charge >= 0.3 is 0 Å². The number of furan rings is 3. The smallest absolute Gasteiger partial charge is 0.142 e. The first-order valence-electron chi connectivity index (χ1n) is 39.8. The second-order valence-corrected chi connectivity index (χ2v) is 46.7. The third-order valence-corrected chi connectivity index (χ3v) is 28.0. The second kappa shape index (κ2) is 41.0. The zero-order valence-corrected chi connectivity index (χ0v) is 80.4. The fourth-order valence-electron chi connectivity index (χ4n) is 14.1. The number of hydrogen-bond acceptors (Lipinski definition) is 12. The van der Waals surface area contributed by atoms with Gasteiger partial charge in [0.15, 0.2) is 0 Å². The third-order valence-electron chi connectivity index (χ3n) is 20.4. The zero-order chi connectivity index (χ0) is 82.5. The van der Waals surface area contributed by atoms with E-state index in [2.05, 4.69) is 241 Å². The van der Waals surface area contributed by atoms with Crippen LogP contribution in [0.2, 0.25) is 52.4 Å². The fraction of sp³-hybridized carbons (Fsp3) is 0.155. The van der Waals surface area contributed by atoms with Crippen molar-refractivity contribution in [2.24, 2.45) is 5.92 Å². The monoisotopic (exact) mass is 2170 g/mol. The van der Waals surface area contributed by atoms with Crippen LogP contribution < -0.4 is 20.7 Å². The minimum Gasteiger partial charge on any atom is -0.499 e. The Morgan fingerprint density at radius 2 is 0.777 bits per heavy atom. The molecule has 0 unspecified atom stereocenters. The molecule has 12 heterocycles. The van der Waals surface area contributed by atoms with Crippen LogP contribution in [0.15, 0.2) is 305 Å². The number of aryl methyl sites for hydroxylation is 4. The molecule has 12 aromatic heterocycles. The molecule has 0 amide bonds. The Morgan fingerprint density at radius 1 is 0.339 bits per heavy atom. The molecule has 0 aliphatic heterocycles. The fourth-order valence-corrected chi connectivity index (χ4v) is 19.0. The normalized spacial score (nSPS) is 11.1. The second-order valence-electron chi connectivity index (χ2n) is 32.2. The number of benzene rings is 7. The zero-order valence-electron chi connectivity index (χ0n) is 70.2. The van der Waals surface area contributed by atoms with Crippen LogP contribution in [0.1, 0.15) is 42.2 Å². The van der Waals surface area contributed by atoms with Crippen molar-refractivity contribution in [3.8, 4) is 67.5 Å². The van der Waals surface area contributed by atoms with Crippen molar-refractivity contribution < 1.29 is 73.6 Å². The quantitative estimate of drug-likeness (QED) is 0.0844. The summed E-state index contributed by atoms with van der Waals surface area (Å²) in [6, 6.07) is 101. The molecule has 18 heteroatoms. The van der Waals surface area contributed by atoms with Crippen LogP contribution in [-0.2, 0) is 66.7 Å². The van der Waals surface area contributed by atoms with Gasteiger partial charge in [0.05, 0.1) is 38.7 Å². The van der Waals surface area contributed by atoms with E-state index in [1.165, 1.54) is 26.3 Å². The van der Waals surface area contributed by atoms with Crippen molar-refractivity contribution in [3.05, 3.63) is 357 Å². The molecule has 0 aliphatic carbocycles. The molecule has 0 spiro atoms. The summed E-state index contributed by atoms with van der Waals surface area (Å²) in [7, 11) is -4.53. The summed E-state index contributed by atoms with van der Waals surface area (Å²) in [5.74, 6) is 0.614. The average molecular weight is 2170 g/mol. The van der Waals surface area contributed by atoms with E-state index in [0.717, 1.165) is 157 Å². The van der Waals surface area contributed by atoms with Gasteiger partial charge in [-0.3, -0.25) is 9.97 Å². The van der Waals surface area contributed by atoms with E-state index in [1.807, 2.05) is 198 Å². The summed E-state index contributed by atoms with van der Waals surface area (Å²) in [5.41, 5.74) is 21.9. The Hall–Kier alpha value is -11.1. The maximum absolute atomic E-state index is 6.06. The van der Waals surface area contributed by atoms with Crippen LogP contribution in [0.4, 0.5) is 0 Å². The first-order valence-corrected chi connectivity index (χ1v) is 49.8. The first kappa shape index (κ1) is 90.6. The van der Waals surface area contributed by atoms with E-state index in [4.69, 9.17) is 23.2 Å². The van der Waals surface area contributed by atoms with Gasteiger partial charge in [-0.15, -0.1) is 167 Å². The van der Waals surface area contributed by atoms with E-state index in [9.17, 15) is 0 Å². The van der Waals surface area contributed by atoms with Gasteiger partial charge in [-0.05, 0) is 138 Å². The van der Waals surface area contributed by atoms with Gasteiger partial charge in [0, 0.05) is 125 Å². The third kappa shape index (κ3) is 22.4. The summed E-state index contributed by atoms with van der Waals surface area (Å²) in [6.07, 6.45) is 15.7. The Labute approximate surface area is 753 Å². The SMILES string of the molecule is C[Si](C)(c1ccccc1)c1ccc(-c2[c-]nc3oc4ccccc4c3c2)nc1.Cc1cc2c(oc3c[c-]c(-c4cc(CC(C)C)c([Si](C)(C)C)cn4)cc32)c(C)n1.Cc1cc2c(oc3c[c-]c(-c4ccc([Si](C)(C)C)cn4)cc32)c(C)n1.[Ir].[Ir].[Ir].[c-]1ccccc1-c1ccccn1.[c-]1ccccc1-c1ccccn1.[c-]1ccccc1-c1ccccn1. The van der Waals surface area contributed by atoms with Crippen molar-refractivity contribution in [1.29, 1.82) is 0 Å². The van der Waals surface area contributed by atoms with Crippen LogP contribution in [0.3, 0.4) is 0 Å². The predicted molar refractivity (Wildman–Crippen MR) is 493 cm³/mol. The van der Waals surface area contributed by atoms with Crippen LogP contribution in [-0.4, -0.2) is 69.1 Å². The molecule has 121 heavy (non-hydrogen) atoms. The van der Waals surface area contributed by atoms with Gasteiger partial charge in [0.2, 0.25) is 0 Å². The maximum Gasteiger partial charge on any atom is 0.142 e. The van der Waals surface area contributed by atoms with Crippen molar-refractivity contribution in [3.63, 3.8) is 0 Å². The number of fused-ring (bicyclic) bond motifs is 9. The number of aromatic nitrogens is 9. The van der Waals surface area contributed by atoms with E-state index in [-0.39, 0.29) is 60.3 Å². The Balaban J connectivity index is 0.000000146. The molecular weight excluding hydrogens is 2070 g/mol. The van der Waals surface area contributed by atoms with Gasteiger partial charge in [-0.25, -0.2) is 0 Å². The van der Waals surface area contributed by atoms with Crippen molar-refractivity contribution in [1.82, 2.24) is 44.9 Å². The molecule has 0 saturated heterocycles. The van der Waals surface area contributed by atoms with Crippen molar-refractivity contribution in [2.75, 3.05) is 0 Å². The Kier molecular flexibility index (Phi) is 30.7. The molecule has 19 aromatic rings. The molecule has 0 saturated carbocycles. The summed E-state index contributed by atoms with van der Waals surface area (Å²) >= 11 is 0. The molecule has 3 radical (unpaired) electrons. The molecule has 19 rings (SSSR count). The summed E-state index contributed by atoms with van der Waals surface area (Å²) in [6.45, 7) is 31.5. The Bertz CT molecular complexity index is 6290. The number of para-hydroxylation sites is 1. The van der Waals surface area contributed by atoms with Crippen LogP contribution in [0, 0.1) is 70.1 Å². The Morgan fingerprint density at radius 3 is 1.22 bits per heavy atom. The van der Waals surface area contributed by atoms with Crippen molar-refractivity contribution >= 4 is 111 Å². The minimum absolute atomic E-state index is 0. The van der Waals surface area contributed by atoms with Gasteiger partial charge < -0.3 is 48.1 Å². The minimum atomic E-state index is -1.75. The molecule has 0 atom stereocenters. The molecule has 7 aromatic carbocycles. The molecule has 0 bridgehead atoms. The van der Waals surface area contributed by atoms with E-state index in [1.54, 1.807) is 18.6 Å². The maximum atomic E-state index is 6.06. The molecule has 0 aliphatic rings. The topological polar surface area (TPSA) is 155 Å². The summed E-state index contributed by atoms with van der Waals surface area (Å²) in [4.78, 5) is 40.4. The van der Waals surface area contributed by atoms with E-state index >= 15 is 0 Å². The summed E-state index contributed by atoms with van der Waals surface area (Å²) in [5, 5.41) is 12.0. The number of hydrogen-bond donors (Lipinski definition) is 0. The number of rotatable bonds is 12.